The topological polar surface area (TPSA) is 80.5 Å². The molecule has 0 aliphatic carbocycles. The summed E-state index contributed by atoms with van der Waals surface area (Å²) >= 11 is 0. The first-order chi connectivity index (χ1) is 6.86. The number of nitrogens with zero attached hydrogens (tertiary/aromatic N) is 4. The van der Waals surface area contributed by atoms with Crippen molar-refractivity contribution in [1.29, 1.82) is 0 Å². The number of carbonyl (C=O) groups is 1. The Labute approximate surface area is 86.2 Å². The molecule has 1 aliphatic heterocycles. The van der Waals surface area contributed by atoms with E-state index in [1.807, 2.05) is 0 Å². The van der Waals surface area contributed by atoms with E-state index in [2.05, 4.69) is 10.2 Å². The Bertz CT molecular complexity index is 385. The van der Waals surface area contributed by atoms with Crippen molar-refractivity contribution in [2.45, 2.75) is 32.1 Å². The zero-order valence-corrected chi connectivity index (χ0v) is 8.71. The Morgan fingerprint density at radius 2 is 1.87 bits per heavy atom. The van der Waals surface area contributed by atoms with Gasteiger partial charge in [0.25, 0.3) is 0 Å². The van der Waals surface area contributed by atoms with E-state index in [0.29, 0.717) is 0 Å². The average Bonchev–Trinajstić information content (AvgIpc) is 2.59. The molecule has 82 valence electrons. The molecule has 0 unspecified atom stereocenters. The standard InChI is InChI=1S/C8H12N4O3/c1-7(2)8(3,14)12(6(13)15-7)11-4-9-10-5-11/h4-5,14H,1-3H3/t8-/m0/s1. The summed E-state index contributed by atoms with van der Waals surface area (Å²) in [4.78, 5) is 11.6. The van der Waals surface area contributed by atoms with Gasteiger partial charge in [-0.1, -0.05) is 0 Å². The Hall–Kier alpha value is -1.63. The van der Waals surface area contributed by atoms with E-state index in [4.69, 9.17) is 4.74 Å². The Morgan fingerprint density at radius 1 is 1.33 bits per heavy atom. The molecule has 0 bridgehead atoms. The maximum Gasteiger partial charge on any atom is 0.432 e. The van der Waals surface area contributed by atoms with Crippen LogP contribution in [0.15, 0.2) is 12.7 Å². The van der Waals surface area contributed by atoms with Gasteiger partial charge in [0.15, 0.2) is 11.3 Å². The van der Waals surface area contributed by atoms with E-state index in [-0.39, 0.29) is 0 Å². The van der Waals surface area contributed by atoms with Crippen LogP contribution in [0.25, 0.3) is 0 Å². The van der Waals surface area contributed by atoms with Gasteiger partial charge >= 0.3 is 6.09 Å². The highest BCUT2D eigenvalue weighted by Gasteiger charge is 2.58. The van der Waals surface area contributed by atoms with Crippen LogP contribution in [0, 0.1) is 0 Å². The fraction of sp³-hybridized carbons (Fsp3) is 0.625. The maximum absolute atomic E-state index is 11.6. The highest BCUT2D eigenvalue weighted by atomic mass is 16.6. The SMILES string of the molecule is CC1(C)OC(=O)N(n2cnnc2)[C@@]1(C)O. The molecule has 0 saturated carbocycles. The van der Waals surface area contributed by atoms with Crippen molar-refractivity contribution in [3.8, 4) is 0 Å². The third-order valence-corrected chi connectivity index (χ3v) is 2.71. The lowest BCUT2D eigenvalue weighted by Crippen LogP contribution is -2.57. The van der Waals surface area contributed by atoms with Gasteiger partial charge < -0.3 is 9.84 Å². The van der Waals surface area contributed by atoms with Crippen LogP contribution in [0.1, 0.15) is 20.8 Å². The van der Waals surface area contributed by atoms with Crippen molar-refractivity contribution >= 4 is 6.09 Å². The van der Waals surface area contributed by atoms with Crippen LogP contribution < -0.4 is 5.01 Å². The summed E-state index contributed by atoms with van der Waals surface area (Å²) in [5.41, 5.74) is -2.44. The van der Waals surface area contributed by atoms with Gasteiger partial charge in [0.1, 0.15) is 12.7 Å². The van der Waals surface area contributed by atoms with Crippen LogP contribution in [0.5, 0.6) is 0 Å². The fourth-order valence-electron chi connectivity index (χ4n) is 1.41. The Morgan fingerprint density at radius 3 is 2.27 bits per heavy atom. The first-order valence-corrected chi connectivity index (χ1v) is 4.47. The molecular weight excluding hydrogens is 200 g/mol. The summed E-state index contributed by atoms with van der Waals surface area (Å²) in [5.74, 6) is 0. The Kier molecular flexibility index (Phi) is 1.78. The average molecular weight is 212 g/mol. The highest BCUT2D eigenvalue weighted by Crippen LogP contribution is 2.35. The van der Waals surface area contributed by atoms with Crippen molar-refractivity contribution in [2.24, 2.45) is 0 Å². The molecule has 1 aromatic rings. The van der Waals surface area contributed by atoms with Gasteiger partial charge in [-0.25, -0.2) is 9.47 Å². The first-order valence-electron chi connectivity index (χ1n) is 4.47. The summed E-state index contributed by atoms with van der Waals surface area (Å²) in [7, 11) is 0. The van der Waals surface area contributed by atoms with Crippen molar-refractivity contribution in [3.63, 3.8) is 0 Å². The minimum Gasteiger partial charge on any atom is -0.437 e. The molecule has 2 rings (SSSR count). The molecule has 0 radical (unpaired) electrons. The van der Waals surface area contributed by atoms with Crippen LogP contribution in [-0.2, 0) is 4.74 Å². The van der Waals surface area contributed by atoms with E-state index < -0.39 is 17.4 Å². The van der Waals surface area contributed by atoms with Crippen LogP contribution in [0.3, 0.4) is 0 Å². The molecule has 7 nitrogen and oxygen atoms in total. The van der Waals surface area contributed by atoms with E-state index >= 15 is 0 Å². The number of cyclic esters (lactones) is 1. The van der Waals surface area contributed by atoms with Crippen molar-refractivity contribution < 1.29 is 14.6 Å². The van der Waals surface area contributed by atoms with Crippen molar-refractivity contribution in [3.05, 3.63) is 12.7 Å². The second kappa shape index (κ2) is 2.69. The van der Waals surface area contributed by atoms with Crippen LogP contribution in [-0.4, -0.2) is 37.4 Å². The number of carbonyl (C=O) groups excluding carboxylic acids is 1. The molecule has 1 amide bonds. The number of rotatable bonds is 1. The number of aromatic nitrogens is 3. The second-order valence-electron chi connectivity index (χ2n) is 4.05. The predicted octanol–water partition coefficient (Wildman–Crippen LogP) is -0.147. The van der Waals surface area contributed by atoms with Gasteiger partial charge in [-0.15, -0.1) is 10.2 Å². The molecule has 1 N–H and O–H groups in total. The first kappa shape index (κ1) is 9.91. The molecule has 0 spiro atoms. The molecule has 1 aliphatic rings. The third-order valence-electron chi connectivity index (χ3n) is 2.71. The predicted molar refractivity (Wildman–Crippen MR) is 49.4 cm³/mol. The third kappa shape index (κ3) is 1.19. The lowest BCUT2D eigenvalue weighted by molar-refractivity contribution is -0.0787. The smallest absolute Gasteiger partial charge is 0.432 e. The number of amides is 1. The van der Waals surface area contributed by atoms with Gasteiger partial charge in [0.2, 0.25) is 0 Å². The summed E-state index contributed by atoms with van der Waals surface area (Å²) < 4.78 is 6.35. The van der Waals surface area contributed by atoms with E-state index in [1.165, 1.54) is 24.3 Å². The van der Waals surface area contributed by atoms with Crippen molar-refractivity contribution in [2.75, 3.05) is 5.01 Å². The molecule has 15 heavy (non-hydrogen) atoms. The van der Waals surface area contributed by atoms with Crippen LogP contribution in [0.2, 0.25) is 0 Å². The maximum atomic E-state index is 11.6. The summed E-state index contributed by atoms with van der Waals surface area (Å²) in [6.45, 7) is 4.77. The minimum absolute atomic E-state index is 0.634. The van der Waals surface area contributed by atoms with Crippen LogP contribution in [0.4, 0.5) is 4.79 Å². The summed E-state index contributed by atoms with van der Waals surface area (Å²) in [5, 5.41) is 18.4. The second-order valence-corrected chi connectivity index (χ2v) is 4.05. The lowest BCUT2D eigenvalue weighted by Gasteiger charge is -2.34. The molecule has 1 saturated heterocycles. The van der Waals surface area contributed by atoms with Gasteiger partial charge in [0.05, 0.1) is 0 Å². The largest absolute Gasteiger partial charge is 0.437 e. The highest BCUT2D eigenvalue weighted by molar-refractivity contribution is 5.83. The van der Waals surface area contributed by atoms with E-state index in [9.17, 15) is 9.90 Å². The van der Waals surface area contributed by atoms with Crippen LogP contribution >= 0.6 is 0 Å². The van der Waals surface area contributed by atoms with E-state index in [1.54, 1.807) is 13.8 Å². The number of aliphatic hydroxyl groups is 1. The Balaban J connectivity index is 2.46. The van der Waals surface area contributed by atoms with Gasteiger partial charge in [-0.3, -0.25) is 0 Å². The quantitative estimate of drug-likeness (QED) is 0.700. The number of ether oxygens (including phenoxy) is 1. The molecule has 1 atom stereocenters. The normalized spacial score (nSPS) is 29.3. The number of hydrogen-bond acceptors (Lipinski definition) is 5. The van der Waals surface area contributed by atoms with Gasteiger partial charge in [0, 0.05) is 0 Å². The van der Waals surface area contributed by atoms with Crippen molar-refractivity contribution in [1.82, 2.24) is 14.9 Å². The molecule has 1 aromatic heterocycles. The monoisotopic (exact) mass is 212 g/mol. The molecule has 0 aromatic carbocycles. The number of hydrogen-bond donors (Lipinski definition) is 1. The molecule has 7 heteroatoms. The summed E-state index contributed by atoms with van der Waals surface area (Å²) in [6, 6.07) is 0. The zero-order chi connectivity index (χ0) is 11.3. The fourth-order valence-corrected chi connectivity index (χ4v) is 1.41. The minimum atomic E-state index is -1.45. The lowest BCUT2D eigenvalue weighted by atomic mass is 9.97. The zero-order valence-electron chi connectivity index (χ0n) is 8.71. The van der Waals surface area contributed by atoms with Gasteiger partial charge in [-0.05, 0) is 20.8 Å². The summed E-state index contributed by atoms with van der Waals surface area (Å²) in [6.07, 6.45) is 2.00. The van der Waals surface area contributed by atoms with E-state index in [0.717, 1.165) is 5.01 Å². The molecule has 1 fully saturated rings. The molecular formula is C8H12N4O3. The molecule has 2 heterocycles. The van der Waals surface area contributed by atoms with Gasteiger partial charge in [-0.2, -0.15) is 5.01 Å².